The van der Waals surface area contributed by atoms with Crippen molar-refractivity contribution >= 4 is 43.2 Å². The highest BCUT2D eigenvalue weighted by atomic mass is 32.2. The summed E-state index contributed by atoms with van der Waals surface area (Å²) in [6.45, 7) is 5.71. The standard InChI is InChI=1S/C19H26N4O4S.C13H13NO.C6H13N3O3S/c1-12(21-25)9-23-10-15(11-23)28(26,27)22-19(24)20-18-16-6-2-4-13(16)8-14-5-3-7-17(14)18;14-8-15-13-11-5-1-3-9(11)7-10-4-2-6-12(10)13;1-5(8-10)2-9-3-6(4-9)13(7,11)12/h8,15,25H,2-7,9-11H2,1H3,(H2,20,22,24);7H,1-6H2;6,10H,2-4H2,1H3,(H2,7,11,12)/b21-12-;;8-5+. The number of likely N-dealkylation sites (tertiary alicyclic amines) is 2. The van der Waals surface area contributed by atoms with Crippen molar-refractivity contribution in [1.29, 1.82) is 5.26 Å². The Labute approximate surface area is 328 Å². The lowest BCUT2D eigenvalue weighted by Crippen LogP contribution is -2.59. The van der Waals surface area contributed by atoms with Crippen molar-refractivity contribution in [2.45, 2.75) is 101 Å². The van der Waals surface area contributed by atoms with Crippen molar-refractivity contribution in [2.75, 3.05) is 44.6 Å². The molecule has 18 heteroatoms. The lowest BCUT2D eigenvalue weighted by Gasteiger charge is -2.38. The number of anilines is 1. The van der Waals surface area contributed by atoms with E-state index in [1.807, 2.05) is 16.1 Å². The van der Waals surface area contributed by atoms with Crippen LogP contribution in [0.4, 0.5) is 10.5 Å². The minimum Gasteiger partial charge on any atom is -0.411 e. The fraction of sp³-hybridized carbons (Fsp3) is 0.579. The number of nitrogens with one attached hydrogen (secondary N) is 2. The first-order chi connectivity index (χ1) is 26.7. The van der Waals surface area contributed by atoms with Crippen LogP contribution in [0.1, 0.15) is 84.0 Å². The molecule has 0 aromatic heterocycles. The first-order valence-electron chi connectivity index (χ1n) is 19.2. The summed E-state index contributed by atoms with van der Waals surface area (Å²) in [5.74, 6) is 0.903. The Morgan fingerprint density at radius 3 is 1.59 bits per heavy atom. The predicted octanol–water partition coefficient (Wildman–Crippen LogP) is 2.98. The van der Waals surface area contributed by atoms with E-state index in [9.17, 15) is 21.6 Å². The molecule has 4 aliphatic carbocycles. The summed E-state index contributed by atoms with van der Waals surface area (Å²) in [5.41, 5.74) is 12.3. The SMILES string of the molecule is C/C(CN1CC(S(=O)(=O)NC(=O)Nc2c3c(cc4c2CCC4)CCC3)C1)=N/O.C/C(CN1CC(S(N)(=O)=O)C1)=N\O.N#COc1c2c(cc3c1CCC3)CCC2. The number of carbonyl (C=O) groups excluding carboxylic acids is 1. The fourth-order valence-electron chi connectivity index (χ4n) is 8.67. The monoisotopic (exact) mass is 812 g/mol. The molecule has 2 aliphatic heterocycles. The number of nitriles is 1. The zero-order valence-electron chi connectivity index (χ0n) is 32.0. The molecule has 0 radical (unpaired) electrons. The maximum absolute atomic E-state index is 12.5. The quantitative estimate of drug-likeness (QED) is 0.107. The second kappa shape index (κ2) is 17.5. The molecule has 2 amide bonds. The molecular formula is C38H52N8O8S2. The van der Waals surface area contributed by atoms with Crippen LogP contribution in [0.25, 0.3) is 0 Å². The van der Waals surface area contributed by atoms with Gasteiger partial charge in [0, 0.05) is 45.0 Å². The molecule has 2 fully saturated rings. The molecule has 2 saturated heterocycles. The number of amides is 2. The van der Waals surface area contributed by atoms with E-state index >= 15 is 0 Å². The first kappa shape index (κ1) is 41.4. The van der Waals surface area contributed by atoms with E-state index in [2.05, 4.69) is 32.5 Å². The van der Waals surface area contributed by atoms with Gasteiger partial charge in [0.05, 0.1) is 11.4 Å². The van der Waals surface area contributed by atoms with Gasteiger partial charge in [0.15, 0.2) is 0 Å². The number of sulfonamides is 2. The average Bonchev–Trinajstić information content (AvgIpc) is 3.94. The minimum absolute atomic E-state index is 0.311. The summed E-state index contributed by atoms with van der Waals surface area (Å²) in [4.78, 5) is 16.2. The molecule has 0 atom stereocenters. The highest BCUT2D eigenvalue weighted by Crippen LogP contribution is 2.40. The summed E-state index contributed by atoms with van der Waals surface area (Å²) in [6, 6.07) is 3.93. The number of ether oxygens (including phenoxy) is 1. The Kier molecular flexibility index (Phi) is 12.9. The Morgan fingerprint density at radius 1 is 0.768 bits per heavy atom. The number of carbonyl (C=O) groups is 1. The van der Waals surface area contributed by atoms with Crippen LogP contribution in [-0.4, -0.2) is 104 Å². The number of urea groups is 1. The largest absolute Gasteiger partial charge is 0.411 e. The van der Waals surface area contributed by atoms with Gasteiger partial charge in [-0.3, -0.25) is 9.80 Å². The molecule has 2 aromatic carbocycles. The van der Waals surface area contributed by atoms with Crippen molar-refractivity contribution in [3.8, 4) is 12.0 Å². The van der Waals surface area contributed by atoms with Crippen LogP contribution in [0.5, 0.6) is 5.75 Å². The van der Waals surface area contributed by atoms with Crippen molar-refractivity contribution < 1.29 is 36.8 Å². The van der Waals surface area contributed by atoms with Gasteiger partial charge in [-0.25, -0.2) is 31.5 Å². The molecule has 6 aliphatic rings. The molecular weight excluding hydrogens is 761 g/mol. The van der Waals surface area contributed by atoms with Gasteiger partial charge in [0.1, 0.15) is 16.2 Å². The van der Waals surface area contributed by atoms with Crippen molar-refractivity contribution in [1.82, 2.24) is 14.5 Å². The van der Waals surface area contributed by atoms with Crippen LogP contribution in [-0.2, 0) is 71.4 Å². The molecule has 304 valence electrons. The van der Waals surface area contributed by atoms with Gasteiger partial charge in [-0.05, 0) is 135 Å². The van der Waals surface area contributed by atoms with Crippen molar-refractivity contribution in [3.05, 3.63) is 56.6 Å². The molecule has 0 saturated carbocycles. The third kappa shape index (κ3) is 9.46. The molecule has 56 heavy (non-hydrogen) atoms. The number of hydrogen-bond acceptors (Lipinski definition) is 13. The normalized spacial score (nSPS) is 19.5. The number of benzene rings is 2. The topological polar surface area (TPSA) is 240 Å². The van der Waals surface area contributed by atoms with E-state index in [-0.39, 0.29) is 0 Å². The number of nitrogens with zero attached hydrogens (tertiary/aromatic N) is 5. The highest BCUT2D eigenvalue weighted by molar-refractivity contribution is 7.90. The summed E-state index contributed by atoms with van der Waals surface area (Å²) < 4.78 is 54.0. The zero-order chi connectivity index (χ0) is 40.2. The van der Waals surface area contributed by atoms with E-state index in [4.69, 9.17) is 25.6 Å². The van der Waals surface area contributed by atoms with Gasteiger partial charge < -0.3 is 20.5 Å². The van der Waals surface area contributed by atoms with Gasteiger partial charge >= 0.3 is 6.03 Å². The summed E-state index contributed by atoms with van der Waals surface area (Å²) in [5, 5.41) is 38.5. The molecule has 8 rings (SSSR count). The fourth-order valence-corrected chi connectivity index (χ4v) is 10.8. The Hall–Kier alpha value is -4.28. The van der Waals surface area contributed by atoms with Crippen LogP contribution >= 0.6 is 0 Å². The lowest BCUT2D eigenvalue weighted by molar-refractivity contribution is 0.208. The molecule has 2 heterocycles. The Morgan fingerprint density at radius 2 is 1.18 bits per heavy atom. The maximum Gasteiger partial charge on any atom is 0.332 e. The number of nitrogens with two attached hydrogens (primary N) is 1. The van der Waals surface area contributed by atoms with E-state index in [0.717, 1.165) is 75.6 Å². The van der Waals surface area contributed by atoms with Crippen LogP contribution in [0.15, 0.2) is 22.4 Å². The first-order valence-corrected chi connectivity index (χ1v) is 22.4. The van der Waals surface area contributed by atoms with Gasteiger partial charge in [-0.1, -0.05) is 22.4 Å². The van der Waals surface area contributed by atoms with Gasteiger partial charge in [0.2, 0.25) is 20.0 Å². The number of primary sulfonamides is 1. The smallest absolute Gasteiger partial charge is 0.332 e. The minimum atomic E-state index is -3.75. The van der Waals surface area contributed by atoms with Gasteiger partial charge in [-0.2, -0.15) is 0 Å². The van der Waals surface area contributed by atoms with E-state index in [1.54, 1.807) is 13.8 Å². The molecule has 16 nitrogen and oxygen atoms in total. The number of aryl methyl sites for hydroxylation is 4. The summed E-state index contributed by atoms with van der Waals surface area (Å²) >= 11 is 0. The van der Waals surface area contributed by atoms with Crippen LogP contribution in [0, 0.1) is 11.5 Å². The average molecular weight is 813 g/mol. The molecule has 0 spiro atoms. The Bertz CT molecular complexity index is 2090. The predicted molar refractivity (Wildman–Crippen MR) is 212 cm³/mol. The molecule has 2 aromatic rings. The second-order valence-electron chi connectivity index (χ2n) is 15.6. The van der Waals surface area contributed by atoms with Crippen LogP contribution < -0.4 is 19.9 Å². The third-order valence-corrected chi connectivity index (χ3v) is 14.4. The number of fused-ring (bicyclic) bond motifs is 4. The highest BCUT2D eigenvalue weighted by Gasteiger charge is 2.39. The van der Waals surface area contributed by atoms with E-state index < -0.39 is 36.6 Å². The van der Waals surface area contributed by atoms with Crippen LogP contribution in [0.2, 0.25) is 0 Å². The molecule has 0 unspecified atom stereocenters. The summed E-state index contributed by atoms with van der Waals surface area (Å²) in [6.07, 6.45) is 14.8. The van der Waals surface area contributed by atoms with Gasteiger partial charge in [-0.15, -0.1) is 5.26 Å². The Balaban J connectivity index is 0.000000159. The second-order valence-corrected chi connectivity index (χ2v) is 19.4. The van der Waals surface area contributed by atoms with Crippen molar-refractivity contribution in [2.24, 2.45) is 15.5 Å². The van der Waals surface area contributed by atoms with E-state index in [0.29, 0.717) is 50.7 Å². The number of oxime groups is 2. The number of rotatable bonds is 9. The van der Waals surface area contributed by atoms with Crippen LogP contribution in [0.3, 0.4) is 0 Å². The third-order valence-electron chi connectivity index (χ3n) is 11.5. The van der Waals surface area contributed by atoms with Crippen molar-refractivity contribution in [3.63, 3.8) is 0 Å². The molecule has 6 N–H and O–H groups in total. The molecule has 0 bridgehead atoms. The zero-order valence-corrected chi connectivity index (χ0v) is 33.6. The summed E-state index contributed by atoms with van der Waals surface area (Å²) in [7, 11) is -7.14. The van der Waals surface area contributed by atoms with E-state index in [1.165, 1.54) is 57.3 Å². The lowest BCUT2D eigenvalue weighted by atomic mass is 9.99. The van der Waals surface area contributed by atoms with Gasteiger partial charge in [0.25, 0.3) is 6.26 Å². The number of hydrogen-bond donors (Lipinski definition) is 5. The maximum atomic E-state index is 12.5.